The first-order valence-electron chi connectivity index (χ1n) is 10.8. The number of ether oxygens (including phenoxy) is 1. The molecular weight excluding hydrogens is 398 g/mol. The lowest BCUT2D eigenvalue weighted by Gasteiger charge is -2.09. The fourth-order valence-electron chi connectivity index (χ4n) is 3.33. The number of para-hydroxylation sites is 1. The summed E-state index contributed by atoms with van der Waals surface area (Å²) in [7, 11) is 0. The highest BCUT2D eigenvalue weighted by Crippen LogP contribution is 2.24. The van der Waals surface area contributed by atoms with Gasteiger partial charge in [-0.2, -0.15) is 5.10 Å². The molecule has 5 nitrogen and oxygen atoms in total. The molecule has 0 bridgehead atoms. The Balaban J connectivity index is 1.51. The van der Waals surface area contributed by atoms with Crippen LogP contribution in [0.25, 0.3) is 22.2 Å². The van der Waals surface area contributed by atoms with E-state index < -0.39 is 0 Å². The Morgan fingerprint density at radius 3 is 2.53 bits per heavy atom. The van der Waals surface area contributed by atoms with Gasteiger partial charge >= 0.3 is 0 Å². The fourth-order valence-corrected chi connectivity index (χ4v) is 3.33. The van der Waals surface area contributed by atoms with Crippen molar-refractivity contribution in [2.45, 2.75) is 19.8 Å². The van der Waals surface area contributed by atoms with E-state index in [0.717, 1.165) is 46.3 Å². The van der Waals surface area contributed by atoms with Crippen LogP contribution in [0.2, 0.25) is 0 Å². The van der Waals surface area contributed by atoms with Crippen LogP contribution in [-0.4, -0.2) is 23.7 Å². The molecule has 0 saturated heterocycles. The molecule has 32 heavy (non-hydrogen) atoms. The van der Waals surface area contributed by atoms with Crippen LogP contribution in [0.1, 0.15) is 35.7 Å². The number of unbranched alkanes of at least 4 members (excludes halogenated alkanes) is 1. The summed E-state index contributed by atoms with van der Waals surface area (Å²) in [6.07, 6.45) is 3.75. The van der Waals surface area contributed by atoms with Crippen molar-refractivity contribution in [2.75, 3.05) is 6.61 Å². The average Bonchev–Trinajstić information content (AvgIpc) is 2.85. The normalized spacial score (nSPS) is 11.0. The van der Waals surface area contributed by atoms with E-state index in [9.17, 15) is 4.79 Å². The minimum atomic E-state index is -0.281. The molecule has 4 aromatic rings. The van der Waals surface area contributed by atoms with Crippen molar-refractivity contribution in [1.82, 2.24) is 10.4 Å². The van der Waals surface area contributed by atoms with Crippen LogP contribution in [0.15, 0.2) is 90.0 Å². The maximum absolute atomic E-state index is 13.0. The smallest absolute Gasteiger partial charge is 0.272 e. The summed E-state index contributed by atoms with van der Waals surface area (Å²) in [5, 5.41) is 4.93. The summed E-state index contributed by atoms with van der Waals surface area (Å²) in [5.41, 5.74) is 6.52. The third-order valence-electron chi connectivity index (χ3n) is 5.06. The second kappa shape index (κ2) is 10.4. The Kier molecular flexibility index (Phi) is 6.88. The van der Waals surface area contributed by atoms with E-state index in [2.05, 4.69) is 17.5 Å². The molecule has 0 atom stereocenters. The van der Waals surface area contributed by atoms with E-state index in [1.807, 2.05) is 84.9 Å². The van der Waals surface area contributed by atoms with E-state index >= 15 is 0 Å². The molecule has 4 rings (SSSR count). The first kappa shape index (κ1) is 21.2. The molecule has 0 spiro atoms. The molecule has 0 unspecified atom stereocenters. The van der Waals surface area contributed by atoms with Crippen molar-refractivity contribution in [2.24, 2.45) is 5.10 Å². The summed E-state index contributed by atoms with van der Waals surface area (Å²) >= 11 is 0. The standard InChI is InChI=1S/C27H25N3O2/c1-2-3-17-32-22-15-13-20(14-16-22)19-28-30-27(31)24-18-26(21-9-5-4-6-10-21)29-25-12-8-7-11-23(24)25/h4-16,18-19H,2-3,17H2,1H3,(H,30,31)/b28-19+. The largest absolute Gasteiger partial charge is 0.494 e. The average molecular weight is 424 g/mol. The molecule has 1 N–H and O–H groups in total. The van der Waals surface area contributed by atoms with Crippen LogP contribution >= 0.6 is 0 Å². The lowest BCUT2D eigenvalue weighted by molar-refractivity contribution is 0.0956. The van der Waals surface area contributed by atoms with Gasteiger partial charge in [0.05, 0.1) is 29.6 Å². The highest BCUT2D eigenvalue weighted by atomic mass is 16.5. The minimum absolute atomic E-state index is 0.281. The Morgan fingerprint density at radius 1 is 1.00 bits per heavy atom. The van der Waals surface area contributed by atoms with Gasteiger partial charge in [-0.05, 0) is 48.4 Å². The lowest BCUT2D eigenvalue weighted by atomic mass is 10.0. The van der Waals surface area contributed by atoms with E-state index in [1.165, 1.54) is 0 Å². The second-order valence-corrected chi connectivity index (χ2v) is 7.41. The molecule has 0 aliphatic rings. The lowest BCUT2D eigenvalue weighted by Crippen LogP contribution is -2.18. The van der Waals surface area contributed by atoms with Crippen molar-refractivity contribution in [1.29, 1.82) is 0 Å². The number of fused-ring (bicyclic) bond motifs is 1. The Labute approximate surface area is 187 Å². The van der Waals surface area contributed by atoms with Gasteiger partial charge in [0.1, 0.15) is 5.75 Å². The van der Waals surface area contributed by atoms with Crippen LogP contribution in [-0.2, 0) is 0 Å². The van der Waals surface area contributed by atoms with Gasteiger partial charge in [0, 0.05) is 10.9 Å². The third kappa shape index (κ3) is 5.19. The van der Waals surface area contributed by atoms with Crippen molar-refractivity contribution >= 4 is 23.0 Å². The number of amides is 1. The Bertz CT molecular complexity index is 1220. The molecule has 3 aromatic carbocycles. The van der Waals surface area contributed by atoms with Crippen molar-refractivity contribution in [3.63, 3.8) is 0 Å². The highest BCUT2D eigenvalue weighted by Gasteiger charge is 2.13. The monoisotopic (exact) mass is 423 g/mol. The quantitative estimate of drug-likeness (QED) is 0.220. The maximum Gasteiger partial charge on any atom is 0.272 e. The molecule has 0 aliphatic carbocycles. The predicted molar refractivity (Wildman–Crippen MR) is 129 cm³/mol. The Hall–Kier alpha value is -3.99. The van der Waals surface area contributed by atoms with E-state index in [4.69, 9.17) is 9.72 Å². The molecular formula is C27H25N3O2. The second-order valence-electron chi connectivity index (χ2n) is 7.41. The van der Waals surface area contributed by atoms with Crippen LogP contribution in [0.3, 0.4) is 0 Å². The Morgan fingerprint density at radius 2 is 1.75 bits per heavy atom. The van der Waals surface area contributed by atoms with Crippen LogP contribution in [0.5, 0.6) is 5.75 Å². The summed E-state index contributed by atoms with van der Waals surface area (Å²) in [5.74, 6) is 0.549. The molecule has 1 amide bonds. The van der Waals surface area contributed by atoms with Crippen molar-refractivity contribution in [3.05, 3.63) is 96.1 Å². The van der Waals surface area contributed by atoms with Gasteiger partial charge in [-0.1, -0.05) is 61.9 Å². The number of aromatic nitrogens is 1. The topological polar surface area (TPSA) is 63.6 Å². The molecule has 0 saturated carbocycles. The molecule has 5 heteroatoms. The van der Waals surface area contributed by atoms with Gasteiger partial charge in [-0.15, -0.1) is 0 Å². The number of benzene rings is 3. The SMILES string of the molecule is CCCCOc1ccc(/C=N/NC(=O)c2cc(-c3ccccc3)nc3ccccc23)cc1. The number of hydrazone groups is 1. The van der Waals surface area contributed by atoms with Gasteiger partial charge in [-0.25, -0.2) is 10.4 Å². The molecule has 0 radical (unpaired) electrons. The number of carbonyl (C=O) groups is 1. The van der Waals surface area contributed by atoms with Crippen molar-refractivity contribution in [3.8, 4) is 17.0 Å². The van der Waals surface area contributed by atoms with E-state index in [1.54, 1.807) is 6.21 Å². The van der Waals surface area contributed by atoms with E-state index in [0.29, 0.717) is 12.2 Å². The van der Waals surface area contributed by atoms with Gasteiger partial charge in [0.25, 0.3) is 5.91 Å². The van der Waals surface area contributed by atoms with Crippen molar-refractivity contribution < 1.29 is 9.53 Å². The van der Waals surface area contributed by atoms with E-state index in [-0.39, 0.29) is 5.91 Å². The number of hydrogen-bond donors (Lipinski definition) is 1. The number of nitrogens with zero attached hydrogens (tertiary/aromatic N) is 2. The summed E-state index contributed by atoms with van der Waals surface area (Å²) in [4.78, 5) is 17.7. The fraction of sp³-hybridized carbons (Fsp3) is 0.148. The summed E-state index contributed by atoms with van der Waals surface area (Å²) in [6.45, 7) is 2.85. The summed E-state index contributed by atoms with van der Waals surface area (Å²) in [6, 6.07) is 26.9. The molecule has 0 aliphatic heterocycles. The zero-order chi connectivity index (χ0) is 22.2. The van der Waals surface area contributed by atoms with Crippen LogP contribution < -0.4 is 10.2 Å². The van der Waals surface area contributed by atoms with Gasteiger partial charge in [-0.3, -0.25) is 4.79 Å². The first-order valence-corrected chi connectivity index (χ1v) is 10.8. The number of hydrogen-bond acceptors (Lipinski definition) is 4. The van der Waals surface area contributed by atoms with Gasteiger partial charge in [0.2, 0.25) is 0 Å². The number of carbonyl (C=O) groups excluding carboxylic acids is 1. The van der Waals surface area contributed by atoms with Gasteiger partial charge < -0.3 is 4.74 Å². The minimum Gasteiger partial charge on any atom is -0.494 e. The molecule has 1 heterocycles. The molecule has 1 aromatic heterocycles. The zero-order valence-corrected chi connectivity index (χ0v) is 18.0. The summed E-state index contributed by atoms with van der Waals surface area (Å²) < 4.78 is 5.67. The number of nitrogens with one attached hydrogen (secondary N) is 1. The van der Waals surface area contributed by atoms with Crippen LogP contribution in [0, 0.1) is 0 Å². The van der Waals surface area contributed by atoms with Gasteiger partial charge in [0.15, 0.2) is 0 Å². The number of pyridine rings is 1. The zero-order valence-electron chi connectivity index (χ0n) is 18.0. The number of rotatable bonds is 8. The highest BCUT2D eigenvalue weighted by molar-refractivity contribution is 6.07. The van der Waals surface area contributed by atoms with Crippen LogP contribution in [0.4, 0.5) is 0 Å². The third-order valence-corrected chi connectivity index (χ3v) is 5.06. The predicted octanol–water partition coefficient (Wildman–Crippen LogP) is 5.84. The maximum atomic E-state index is 13.0. The first-order chi connectivity index (χ1) is 15.7. The molecule has 0 fully saturated rings. The molecule has 160 valence electrons.